The lowest BCUT2D eigenvalue weighted by Gasteiger charge is -2.34. The van der Waals surface area contributed by atoms with Crippen LogP contribution < -0.4 is 19.7 Å². The van der Waals surface area contributed by atoms with Crippen LogP contribution in [0.3, 0.4) is 0 Å². The van der Waals surface area contributed by atoms with E-state index in [-0.39, 0.29) is 24.9 Å². The van der Waals surface area contributed by atoms with Gasteiger partial charge in [0.15, 0.2) is 6.10 Å². The Labute approximate surface area is 164 Å². The SMILES string of the molecule is CNC(=O)C1CN(C(=O)CN(C)Cc2ccccc2OC)c2ccccc2O1. The number of amides is 2. The Kier molecular flexibility index (Phi) is 6.16. The summed E-state index contributed by atoms with van der Waals surface area (Å²) in [6.07, 6.45) is -0.733. The Morgan fingerprint density at radius 1 is 1.21 bits per heavy atom. The first-order valence-corrected chi connectivity index (χ1v) is 9.11. The smallest absolute Gasteiger partial charge is 0.262 e. The summed E-state index contributed by atoms with van der Waals surface area (Å²) in [5.74, 6) is 0.970. The number of ether oxygens (including phenoxy) is 2. The molecule has 7 nitrogen and oxygen atoms in total. The van der Waals surface area contributed by atoms with Gasteiger partial charge in [-0.15, -0.1) is 0 Å². The monoisotopic (exact) mass is 383 g/mol. The molecule has 3 rings (SSSR count). The lowest BCUT2D eigenvalue weighted by molar-refractivity contribution is -0.128. The maximum atomic E-state index is 13.0. The average Bonchev–Trinajstić information content (AvgIpc) is 2.72. The molecule has 1 unspecified atom stereocenters. The van der Waals surface area contributed by atoms with Crippen molar-refractivity contribution in [2.75, 3.05) is 39.2 Å². The van der Waals surface area contributed by atoms with Gasteiger partial charge in [-0.05, 0) is 25.2 Å². The van der Waals surface area contributed by atoms with E-state index in [9.17, 15) is 9.59 Å². The van der Waals surface area contributed by atoms with Gasteiger partial charge in [-0.2, -0.15) is 0 Å². The number of hydrogen-bond acceptors (Lipinski definition) is 5. The lowest BCUT2D eigenvalue weighted by Crippen LogP contribution is -2.51. The van der Waals surface area contributed by atoms with Crippen LogP contribution in [0.2, 0.25) is 0 Å². The number of nitrogens with zero attached hydrogens (tertiary/aromatic N) is 2. The molecule has 148 valence electrons. The van der Waals surface area contributed by atoms with E-state index in [0.29, 0.717) is 18.0 Å². The minimum atomic E-state index is -0.733. The Morgan fingerprint density at radius 2 is 1.93 bits per heavy atom. The fraction of sp³-hybridized carbons (Fsp3) is 0.333. The molecular formula is C21H25N3O4. The van der Waals surface area contributed by atoms with Gasteiger partial charge in [0.1, 0.15) is 11.5 Å². The van der Waals surface area contributed by atoms with Gasteiger partial charge >= 0.3 is 0 Å². The molecule has 0 spiro atoms. The zero-order valence-corrected chi connectivity index (χ0v) is 16.3. The molecule has 0 aromatic heterocycles. The molecule has 2 amide bonds. The Balaban J connectivity index is 1.74. The summed E-state index contributed by atoms with van der Waals surface area (Å²) >= 11 is 0. The van der Waals surface area contributed by atoms with Crippen molar-refractivity contribution in [1.29, 1.82) is 0 Å². The van der Waals surface area contributed by atoms with E-state index in [0.717, 1.165) is 11.3 Å². The first kappa shape index (κ1) is 19.7. The van der Waals surface area contributed by atoms with E-state index < -0.39 is 6.10 Å². The number of methoxy groups -OCH3 is 1. The van der Waals surface area contributed by atoms with Gasteiger partial charge < -0.3 is 19.7 Å². The molecule has 1 N–H and O–H groups in total. The second-order valence-corrected chi connectivity index (χ2v) is 6.68. The highest BCUT2D eigenvalue weighted by atomic mass is 16.5. The van der Waals surface area contributed by atoms with Crippen molar-refractivity contribution >= 4 is 17.5 Å². The molecule has 0 aliphatic carbocycles. The van der Waals surface area contributed by atoms with Crippen LogP contribution in [0, 0.1) is 0 Å². The highest BCUT2D eigenvalue weighted by Crippen LogP contribution is 2.33. The zero-order chi connectivity index (χ0) is 20.1. The third-order valence-electron chi connectivity index (χ3n) is 4.65. The van der Waals surface area contributed by atoms with E-state index in [4.69, 9.17) is 9.47 Å². The van der Waals surface area contributed by atoms with Crippen molar-refractivity contribution in [3.8, 4) is 11.5 Å². The topological polar surface area (TPSA) is 71.1 Å². The fourth-order valence-corrected chi connectivity index (χ4v) is 3.26. The molecular weight excluding hydrogens is 358 g/mol. The summed E-state index contributed by atoms with van der Waals surface area (Å²) in [4.78, 5) is 28.7. The molecule has 1 heterocycles. The van der Waals surface area contributed by atoms with Crippen molar-refractivity contribution in [2.45, 2.75) is 12.6 Å². The van der Waals surface area contributed by atoms with Crippen molar-refractivity contribution in [1.82, 2.24) is 10.2 Å². The number of anilines is 1. The number of fused-ring (bicyclic) bond motifs is 1. The van der Waals surface area contributed by atoms with E-state index in [1.54, 1.807) is 25.1 Å². The molecule has 28 heavy (non-hydrogen) atoms. The van der Waals surface area contributed by atoms with Gasteiger partial charge in [0.05, 0.1) is 25.9 Å². The molecule has 0 saturated carbocycles. The predicted octanol–water partition coefficient (Wildman–Crippen LogP) is 1.67. The lowest BCUT2D eigenvalue weighted by atomic mass is 10.1. The Morgan fingerprint density at radius 3 is 2.68 bits per heavy atom. The largest absolute Gasteiger partial charge is 0.496 e. The molecule has 2 aromatic rings. The first-order valence-electron chi connectivity index (χ1n) is 9.11. The number of benzene rings is 2. The van der Waals surface area contributed by atoms with Crippen LogP contribution in [0.4, 0.5) is 5.69 Å². The third-order valence-corrected chi connectivity index (χ3v) is 4.65. The van der Waals surface area contributed by atoms with Crippen molar-refractivity contribution in [3.63, 3.8) is 0 Å². The van der Waals surface area contributed by atoms with Crippen LogP contribution in [-0.4, -0.2) is 57.1 Å². The number of hydrogen-bond donors (Lipinski definition) is 1. The van der Waals surface area contributed by atoms with Crippen LogP contribution >= 0.6 is 0 Å². The summed E-state index contributed by atoms with van der Waals surface area (Å²) in [7, 11) is 5.07. The molecule has 0 bridgehead atoms. The normalized spacial score (nSPS) is 15.6. The number of nitrogens with one attached hydrogen (secondary N) is 1. The molecule has 0 saturated heterocycles. The van der Waals surface area contributed by atoms with E-state index in [2.05, 4.69) is 5.32 Å². The number of carbonyl (C=O) groups excluding carboxylic acids is 2. The molecule has 0 fully saturated rings. The molecule has 1 atom stereocenters. The van der Waals surface area contributed by atoms with Crippen molar-refractivity contribution < 1.29 is 19.1 Å². The fourth-order valence-electron chi connectivity index (χ4n) is 3.26. The van der Waals surface area contributed by atoms with Crippen LogP contribution in [0.25, 0.3) is 0 Å². The Bertz CT molecular complexity index is 855. The third kappa shape index (κ3) is 4.26. The van der Waals surface area contributed by atoms with Crippen LogP contribution in [0.1, 0.15) is 5.56 Å². The summed E-state index contributed by atoms with van der Waals surface area (Å²) in [6, 6.07) is 15.0. The van der Waals surface area contributed by atoms with Gasteiger partial charge in [0, 0.05) is 19.2 Å². The number of para-hydroxylation sites is 3. The average molecular weight is 383 g/mol. The van der Waals surface area contributed by atoms with Crippen molar-refractivity contribution in [3.05, 3.63) is 54.1 Å². The molecule has 1 aliphatic rings. The van der Waals surface area contributed by atoms with Crippen LogP contribution in [0.15, 0.2) is 48.5 Å². The van der Waals surface area contributed by atoms with Gasteiger partial charge in [-0.1, -0.05) is 30.3 Å². The second-order valence-electron chi connectivity index (χ2n) is 6.68. The van der Waals surface area contributed by atoms with E-state index in [1.807, 2.05) is 54.4 Å². The molecule has 2 aromatic carbocycles. The van der Waals surface area contributed by atoms with Crippen LogP contribution in [-0.2, 0) is 16.1 Å². The quantitative estimate of drug-likeness (QED) is 0.822. The second kappa shape index (κ2) is 8.75. The van der Waals surface area contributed by atoms with Crippen molar-refractivity contribution in [2.24, 2.45) is 0 Å². The minimum absolute atomic E-state index is 0.0953. The molecule has 0 radical (unpaired) electrons. The minimum Gasteiger partial charge on any atom is -0.496 e. The molecule has 1 aliphatic heterocycles. The van der Waals surface area contributed by atoms with Gasteiger partial charge in [-0.3, -0.25) is 14.5 Å². The van der Waals surface area contributed by atoms with Gasteiger partial charge in [-0.25, -0.2) is 0 Å². The number of rotatable bonds is 6. The maximum absolute atomic E-state index is 13.0. The van der Waals surface area contributed by atoms with Gasteiger partial charge in [0.25, 0.3) is 5.91 Å². The standard InChI is InChI=1S/C21H25N3O4/c1-22-21(26)19-13-24(16-9-5-7-11-18(16)28-19)20(25)14-23(2)12-15-8-4-6-10-17(15)27-3/h4-11,19H,12-14H2,1-3H3,(H,22,26). The van der Waals surface area contributed by atoms with Gasteiger partial charge in [0.2, 0.25) is 5.91 Å². The zero-order valence-electron chi connectivity index (χ0n) is 16.3. The summed E-state index contributed by atoms with van der Waals surface area (Å²) in [5.41, 5.74) is 1.68. The maximum Gasteiger partial charge on any atom is 0.262 e. The highest BCUT2D eigenvalue weighted by molar-refractivity contribution is 5.98. The van der Waals surface area contributed by atoms with E-state index in [1.165, 1.54) is 0 Å². The van der Waals surface area contributed by atoms with E-state index >= 15 is 0 Å². The first-order chi connectivity index (χ1) is 13.5. The van der Waals surface area contributed by atoms with Crippen LogP contribution in [0.5, 0.6) is 11.5 Å². The predicted molar refractivity (Wildman–Crippen MR) is 107 cm³/mol. The number of likely N-dealkylation sites (N-methyl/N-ethyl adjacent to an activating group) is 2. The molecule has 7 heteroatoms. The summed E-state index contributed by atoms with van der Waals surface area (Å²) < 4.78 is 11.1. The number of carbonyl (C=O) groups is 2. The Hall–Kier alpha value is -3.06. The summed E-state index contributed by atoms with van der Waals surface area (Å²) in [5, 5.41) is 2.58. The summed E-state index contributed by atoms with van der Waals surface area (Å²) in [6.45, 7) is 0.950. The highest BCUT2D eigenvalue weighted by Gasteiger charge is 2.33.